The third-order valence-corrected chi connectivity index (χ3v) is 3.40. The van der Waals surface area contributed by atoms with Gasteiger partial charge >= 0.3 is 0 Å². The molecule has 0 bridgehead atoms. The lowest BCUT2D eigenvalue weighted by Gasteiger charge is -2.27. The molecule has 16 heavy (non-hydrogen) atoms. The van der Waals surface area contributed by atoms with Gasteiger partial charge in [0, 0.05) is 12.6 Å². The molecule has 1 aromatic rings. The fourth-order valence-electron chi connectivity index (χ4n) is 2.54. The van der Waals surface area contributed by atoms with Gasteiger partial charge in [-0.05, 0) is 56.1 Å². The topological polar surface area (TPSA) is 29.3 Å². The normalized spacial score (nSPS) is 18.9. The summed E-state index contributed by atoms with van der Waals surface area (Å²) in [5, 5.41) is 0. The standard InChI is InChI=1S/C13H19FN2/c1-10-8-11(14)4-5-12(10)13(9-15)16-6-2-3-7-16/h4-5,8,13H,2-3,6-7,9,15H2,1H3. The van der Waals surface area contributed by atoms with Crippen LogP contribution in [0.15, 0.2) is 18.2 Å². The van der Waals surface area contributed by atoms with E-state index in [1.165, 1.54) is 24.5 Å². The zero-order valence-corrected chi connectivity index (χ0v) is 9.75. The van der Waals surface area contributed by atoms with Crippen LogP contribution in [0.1, 0.15) is 30.0 Å². The Balaban J connectivity index is 2.25. The van der Waals surface area contributed by atoms with Gasteiger partial charge < -0.3 is 5.73 Å². The second-order valence-electron chi connectivity index (χ2n) is 4.50. The summed E-state index contributed by atoms with van der Waals surface area (Å²) >= 11 is 0. The van der Waals surface area contributed by atoms with Gasteiger partial charge in [-0.2, -0.15) is 0 Å². The quantitative estimate of drug-likeness (QED) is 0.849. The molecular weight excluding hydrogens is 203 g/mol. The van der Waals surface area contributed by atoms with E-state index in [0.717, 1.165) is 18.7 Å². The fourth-order valence-corrected chi connectivity index (χ4v) is 2.54. The van der Waals surface area contributed by atoms with E-state index in [1.54, 1.807) is 6.07 Å². The van der Waals surface area contributed by atoms with E-state index in [0.29, 0.717) is 6.54 Å². The smallest absolute Gasteiger partial charge is 0.123 e. The number of aryl methyl sites for hydroxylation is 1. The highest BCUT2D eigenvalue weighted by Gasteiger charge is 2.23. The minimum Gasteiger partial charge on any atom is -0.329 e. The molecule has 0 saturated carbocycles. The van der Waals surface area contributed by atoms with E-state index in [2.05, 4.69) is 4.90 Å². The first-order chi connectivity index (χ1) is 7.72. The molecule has 1 aliphatic heterocycles. The molecule has 1 aliphatic rings. The summed E-state index contributed by atoms with van der Waals surface area (Å²) in [6.07, 6.45) is 2.49. The number of rotatable bonds is 3. The number of nitrogens with zero attached hydrogens (tertiary/aromatic N) is 1. The van der Waals surface area contributed by atoms with Crippen molar-refractivity contribution in [3.63, 3.8) is 0 Å². The molecule has 1 fully saturated rings. The SMILES string of the molecule is Cc1cc(F)ccc1C(CN)N1CCCC1. The number of benzene rings is 1. The van der Waals surface area contributed by atoms with Gasteiger partial charge in [-0.3, -0.25) is 4.90 Å². The first kappa shape index (κ1) is 11.6. The van der Waals surface area contributed by atoms with Crippen molar-refractivity contribution in [1.82, 2.24) is 4.90 Å². The largest absolute Gasteiger partial charge is 0.329 e. The van der Waals surface area contributed by atoms with E-state index in [-0.39, 0.29) is 11.9 Å². The van der Waals surface area contributed by atoms with Crippen LogP contribution in [-0.4, -0.2) is 24.5 Å². The van der Waals surface area contributed by atoms with Crippen LogP contribution in [0.2, 0.25) is 0 Å². The first-order valence-electron chi connectivity index (χ1n) is 5.92. The maximum Gasteiger partial charge on any atom is 0.123 e. The monoisotopic (exact) mass is 222 g/mol. The lowest BCUT2D eigenvalue weighted by atomic mass is 10.00. The molecule has 0 radical (unpaired) electrons. The van der Waals surface area contributed by atoms with Crippen LogP contribution in [0.4, 0.5) is 4.39 Å². The Morgan fingerprint density at radius 3 is 2.62 bits per heavy atom. The predicted molar refractivity (Wildman–Crippen MR) is 63.7 cm³/mol. The average molecular weight is 222 g/mol. The second kappa shape index (κ2) is 4.93. The molecular formula is C13H19FN2. The zero-order valence-electron chi connectivity index (χ0n) is 9.75. The second-order valence-corrected chi connectivity index (χ2v) is 4.50. The van der Waals surface area contributed by atoms with Gasteiger partial charge in [-0.1, -0.05) is 6.07 Å². The summed E-state index contributed by atoms with van der Waals surface area (Å²) in [4.78, 5) is 2.40. The summed E-state index contributed by atoms with van der Waals surface area (Å²) in [6.45, 7) is 4.78. The van der Waals surface area contributed by atoms with Gasteiger partial charge in [0.25, 0.3) is 0 Å². The molecule has 1 atom stereocenters. The van der Waals surface area contributed by atoms with Gasteiger partial charge in [0.15, 0.2) is 0 Å². The number of hydrogen-bond donors (Lipinski definition) is 1. The van der Waals surface area contributed by atoms with Crippen LogP contribution in [0.25, 0.3) is 0 Å². The highest BCUT2D eigenvalue weighted by Crippen LogP contribution is 2.26. The van der Waals surface area contributed by atoms with Crippen LogP contribution in [0, 0.1) is 12.7 Å². The predicted octanol–water partition coefficient (Wildman–Crippen LogP) is 2.23. The van der Waals surface area contributed by atoms with E-state index >= 15 is 0 Å². The molecule has 1 aromatic carbocycles. The molecule has 1 unspecified atom stereocenters. The fraction of sp³-hybridized carbons (Fsp3) is 0.538. The molecule has 0 amide bonds. The Labute approximate surface area is 96.2 Å². The van der Waals surface area contributed by atoms with Crippen LogP contribution in [0.3, 0.4) is 0 Å². The van der Waals surface area contributed by atoms with Crippen molar-refractivity contribution in [2.45, 2.75) is 25.8 Å². The van der Waals surface area contributed by atoms with Gasteiger partial charge in [0.05, 0.1) is 0 Å². The van der Waals surface area contributed by atoms with E-state index in [4.69, 9.17) is 5.73 Å². The lowest BCUT2D eigenvalue weighted by molar-refractivity contribution is 0.250. The van der Waals surface area contributed by atoms with E-state index in [9.17, 15) is 4.39 Å². The van der Waals surface area contributed by atoms with Crippen LogP contribution in [0.5, 0.6) is 0 Å². The van der Waals surface area contributed by atoms with Gasteiger partial charge in [0.2, 0.25) is 0 Å². The van der Waals surface area contributed by atoms with Crippen molar-refractivity contribution in [2.75, 3.05) is 19.6 Å². The summed E-state index contributed by atoms with van der Waals surface area (Å²) in [7, 11) is 0. The van der Waals surface area contributed by atoms with Gasteiger partial charge in [0.1, 0.15) is 5.82 Å². The van der Waals surface area contributed by atoms with Gasteiger partial charge in [-0.25, -0.2) is 4.39 Å². The minimum absolute atomic E-state index is 0.168. The first-order valence-corrected chi connectivity index (χ1v) is 5.92. The van der Waals surface area contributed by atoms with Crippen molar-refractivity contribution in [3.8, 4) is 0 Å². The van der Waals surface area contributed by atoms with Crippen molar-refractivity contribution in [1.29, 1.82) is 0 Å². The van der Waals surface area contributed by atoms with Crippen molar-refractivity contribution < 1.29 is 4.39 Å². The van der Waals surface area contributed by atoms with E-state index < -0.39 is 0 Å². The average Bonchev–Trinajstić information content (AvgIpc) is 2.75. The molecule has 0 aliphatic carbocycles. The molecule has 0 spiro atoms. The molecule has 1 saturated heterocycles. The number of hydrogen-bond acceptors (Lipinski definition) is 2. The summed E-state index contributed by atoms with van der Waals surface area (Å²) in [5.74, 6) is -0.168. The molecule has 2 N–H and O–H groups in total. The Bertz CT molecular complexity index is 359. The molecule has 0 aromatic heterocycles. The Morgan fingerprint density at radius 1 is 1.38 bits per heavy atom. The van der Waals surface area contributed by atoms with Crippen LogP contribution >= 0.6 is 0 Å². The Hall–Kier alpha value is -0.930. The molecule has 3 heteroatoms. The summed E-state index contributed by atoms with van der Waals surface area (Å²) in [6, 6.07) is 5.25. The van der Waals surface area contributed by atoms with Gasteiger partial charge in [-0.15, -0.1) is 0 Å². The zero-order chi connectivity index (χ0) is 11.5. The maximum atomic E-state index is 13.0. The summed E-state index contributed by atoms with van der Waals surface area (Å²) < 4.78 is 13.0. The highest BCUT2D eigenvalue weighted by atomic mass is 19.1. The molecule has 88 valence electrons. The molecule has 2 rings (SSSR count). The van der Waals surface area contributed by atoms with Crippen molar-refractivity contribution in [3.05, 3.63) is 35.1 Å². The number of nitrogens with two attached hydrogens (primary N) is 1. The highest BCUT2D eigenvalue weighted by molar-refractivity contribution is 5.30. The minimum atomic E-state index is -0.168. The Kier molecular flexibility index (Phi) is 3.56. The molecule has 1 heterocycles. The Morgan fingerprint density at radius 2 is 2.06 bits per heavy atom. The van der Waals surface area contributed by atoms with E-state index in [1.807, 2.05) is 13.0 Å². The lowest BCUT2D eigenvalue weighted by Crippen LogP contribution is -2.31. The number of likely N-dealkylation sites (tertiary alicyclic amines) is 1. The van der Waals surface area contributed by atoms with Crippen LogP contribution < -0.4 is 5.73 Å². The third kappa shape index (κ3) is 2.25. The number of halogens is 1. The van der Waals surface area contributed by atoms with Crippen molar-refractivity contribution in [2.24, 2.45) is 5.73 Å². The third-order valence-electron chi connectivity index (χ3n) is 3.40. The summed E-state index contributed by atoms with van der Waals surface area (Å²) in [5.41, 5.74) is 8.03. The van der Waals surface area contributed by atoms with Crippen molar-refractivity contribution >= 4 is 0 Å². The maximum absolute atomic E-state index is 13.0. The molecule has 2 nitrogen and oxygen atoms in total. The van der Waals surface area contributed by atoms with Crippen LogP contribution in [-0.2, 0) is 0 Å².